The molecule has 3 atom stereocenters. The Hall–Kier alpha value is -1.07. The van der Waals surface area contributed by atoms with Crippen LogP contribution in [-0.2, 0) is 6.18 Å². The lowest BCUT2D eigenvalue weighted by Gasteiger charge is -2.25. The van der Waals surface area contributed by atoms with Crippen LogP contribution in [0.5, 0.6) is 0 Å². The SMILES string of the molecule is CNC(CN(C)CC1CC1C)c1cccc(C(F)(F)F)c1. The van der Waals surface area contributed by atoms with Crippen LogP contribution in [0.25, 0.3) is 0 Å². The maximum absolute atomic E-state index is 12.8. The van der Waals surface area contributed by atoms with Gasteiger partial charge in [0.25, 0.3) is 0 Å². The van der Waals surface area contributed by atoms with Crippen LogP contribution in [0.15, 0.2) is 24.3 Å². The van der Waals surface area contributed by atoms with Crippen LogP contribution in [0.2, 0.25) is 0 Å². The normalized spacial score (nSPS) is 23.4. The number of nitrogens with one attached hydrogen (secondary N) is 1. The fraction of sp³-hybridized carbons (Fsp3) is 0.625. The second kappa shape index (κ2) is 6.36. The van der Waals surface area contributed by atoms with Gasteiger partial charge in [-0.3, -0.25) is 0 Å². The molecule has 0 amide bonds. The van der Waals surface area contributed by atoms with Crippen LogP contribution in [0.4, 0.5) is 13.2 Å². The third kappa shape index (κ3) is 4.45. The topological polar surface area (TPSA) is 15.3 Å². The van der Waals surface area contributed by atoms with Crippen molar-refractivity contribution in [1.82, 2.24) is 10.2 Å². The first-order valence-corrected chi connectivity index (χ1v) is 7.34. The zero-order chi connectivity index (χ0) is 15.6. The largest absolute Gasteiger partial charge is 0.416 e. The predicted octanol–water partition coefficient (Wildman–Crippen LogP) is 3.55. The number of nitrogens with zero attached hydrogens (tertiary/aromatic N) is 1. The maximum atomic E-state index is 12.8. The summed E-state index contributed by atoms with van der Waals surface area (Å²) in [6.45, 7) is 3.96. The third-order valence-corrected chi connectivity index (χ3v) is 4.28. The zero-order valence-corrected chi connectivity index (χ0v) is 12.7. The molecule has 1 aliphatic rings. The second-order valence-electron chi connectivity index (χ2n) is 6.16. The average molecular weight is 300 g/mol. The first kappa shape index (κ1) is 16.3. The molecular formula is C16H23F3N2. The number of alkyl halides is 3. The molecule has 2 nitrogen and oxygen atoms in total. The Bertz CT molecular complexity index is 473. The van der Waals surface area contributed by atoms with Gasteiger partial charge in [0.05, 0.1) is 5.56 Å². The zero-order valence-electron chi connectivity index (χ0n) is 12.7. The number of benzene rings is 1. The molecule has 118 valence electrons. The standard InChI is InChI=1S/C16H23F3N2/c1-11-7-13(11)9-21(3)10-15(20-2)12-5-4-6-14(8-12)16(17,18)19/h4-6,8,11,13,15,20H,7,9-10H2,1-3H3. The highest BCUT2D eigenvalue weighted by molar-refractivity contribution is 5.28. The van der Waals surface area contributed by atoms with E-state index < -0.39 is 11.7 Å². The van der Waals surface area contributed by atoms with Crippen LogP contribution < -0.4 is 5.32 Å². The molecule has 1 saturated carbocycles. The van der Waals surface area contributed by atoms with Gasteiger partial charge in [0.1, 0.15) is 0 Å². The molecule has 1 aromatic carbocycles. The summed E-state index contributed by atoms with van der Waals surface area (Å²) in [5.41, 5.74) is 0.0988. The van der Waals surface area contributed by atoms with Gasteiger partial charge in [-0.15, -0.1) is 0 Å². The highest BCUT2D eigenvalue weighted by atomic mass is 19.4. The molecule has 0 saturated heterocycles. The summed E-state index contributed by atoms with van der Waals surface area (Å²) in [4.78, 5) is 2.20. The first-order chi connectivity index (χ1) is 9.81. The second-order valence-corrected chi connectivity index (χ2v) is 6.16. The number of halogens is 3. The highest BCUT2D eigenvalue weighted by Crippen LogP contribution is 2.38. The third-order valence-electron chi connectivity index (χ3n) is 4.28. The summed E-state index contributed by atoms with van der Waals surface area (Å²) in [6, 6.07) is 5.50. The molecular weight excluding hydrogens is 277 g/mol. The van der Waals surface area contributed by atoms with E-state index in [0.29, 0.717) is 12.1 Å². The summed E-state index contributed by atoms with van der Waals surface area (Å²) in [5.74, 6) is 1.53. The molecule has 0 radical (unpaired) electrons. The first-order valence-electron chi connectivity index (χ1n) is 7.34. The lowest BCUT2D eigenvalue weighted by Crippen LogP contribution is -2.32. The number of likely N-dealkylation sites (N-methyl/N-ethyl adjacent to an activating group) is 2. The molecule has 0 aliphatic heterocycles. The minimum Gasteiger partial charge on any atom is -0.312 e. The van der Waals surface area contributed by atoms with E-state index in [1.807, 2.05) is 7.05 Å². The molecule has 0 heterocycles. The number of hydrogen-bond donors (Lipinski definition) is 1. The molecule has 0 spiro atoms. The Kier molecular flexibility index (Phi) is 4.94. The molecule has 1 aromatic rings. The van der Waals surface area contributed by atoms with E-state index in [-0.39, 0.29) is 6.04 Å². The van der Waals surface area contributed by atoms with Crippen molar-refractivity contribution in [2.75, 3.05) is 27.2 Å². The van der Waals surface area contributed by atoms with Crippen molar-refractivity contribution in [2.24, 2.45) is 11.8 Å². The van der Waals surface area contributed by atoms with Crippen molar-refractivity contribution < 1.29 is 13.2 Å². The molecule has 3 unspecified atom stereocenters. The van der Waals surface area contributed by atoms with Crippen molar-refractivity contribution in [1.29, 1.82) is 0 Å². The lowest BCUT2D eigenvalue weighted by atomic mass is 10.0. The summed E-state index contributed by atoms with van der Waals surface area (Å²) in [6.07, 6.45) is -3.03. The summed E-state index contributed by atoms with van der Waals surface area (Å²) in [7, 11) is 3.82. The van der Waals surface area contributed by atoms with Gasteiger partial charge >= 0.3 is 6.18 Å². The van der Waals surface area contributed by atoms with Gasteiger partial charge in [0.15, 0.2) is 0 Å². The molecule has 2 rings (SSSR count). The maximum Gasteiger partial charge on any atom is 0.416 e. The fourth-order valence-corrected chi connectivity index (χ4v) is 2.74. The van der Waals surface area contributed by atoms with Crippen molar-refractivity contribution in [3.05, 3.63) is 35.4 Å². The van der Waals surface area contributed by atoms with Gasteiger partial charge in [0, 0.05) is 19.1 Å². The fourth-order valence-electron chi connectivity index (χ4n) is 2.74. The van der Waals surface area contributed by atoms with Crippen LogP contribution in [0, 0.1) is 11.8 Å². The number of hydrogen-bond acceptors (Lipinski definition) is 2. The van der Waals surface area contributed by atoms with E-state index in [1.54, 1.807) is 13.1 Å². The predicted molar refractivity (Wildman–Crippen MR) is 78.0 cm³/mol. The van der Waals surface area contributed by atoms with E-state index in [4.69, 9.17) is 0 Å². The van der Waals surface area contributed by atoms with Crippen molar-refractivity contribution >= 4 is 0 Å². The molecule has 1 aliphatic carbocycles. The van der Waals surface area contributed by atoms with E-state index >= 15 is 0 Å². The Morgan fingerprint density at radius 2 is 2.05 bits per heavy atom. The van der Waals surface area contributed by atoms with Crippen molar-refractivity contribution in [2.45, 2.75) is 25.6 Å². The summed E-state index contributed by atoms with van der Waals surface area (Å²) in [5, 5.41) is 3.12. The van der Waals surface area contributed by atoms with Crippen LogP contribution in [0.3, 0.4) is 0 Å². The van der Waals surface area contributed by atoms with E-state index in [2.05, 4.69) is 17.1 Å². The van der Waals surface area contributed by atoms with Crippen molar-refractivity contribution in [3.8, 4) is 0 Å². The molecule has 0 bridgehead atoms. The van der Waals surface area contributed by atoms with Crippen molar-refractivity contribution in [3.63, 3.8) is 0 Å². The molecule has 21 heavy (non-hydrogen) atoms. The summed E-state index contributed by atoms with van der Waals surface area (Å²) < 4.78 is 38.4. The molecule has 0 aromatic heterocycles. The summed E-state index contributed by atoms with van der Waals surface area (Å²) >= 11 is 0. The Labute approximate surface area is 124 Å². The van der Waals surface area contributed by atoms with E-state index in [1.165, 1.54) is 18.6 Å². The van der Waals surface area contributed by atoms with E-state index in [9.17, 15) is 13.2 Å². The van der Waals surface area contributed by atoms with Gasteiger partial charge in [-0.1, -0.05) is 19.1 Å². The average Bonchev–Trinajstić information content (AvgIpc) is 3.10. The van der Waals surface area contributed by atoms with Crippen LogP contribution in [-0.4, -0.2) is 32.1 Å². The van der Waals surface area contributed by atoms with E-state index in [0.717, 1.165) is 24.4 Å². The van der Waals surface area contributed by atoms with Gasteiger partial charge in [-0.05, 0) is 50.0 Å². The smallest absolute Gasteiger partial charge is 0.312 e. The minimum atomic E-state index is -4.29. The Balaban J connectivity index is 2.03. The highest BCUT2D eigenvalue weighted by Gasteiger charge is 2.34. The molecule has 1 N–H and O–H groups in total. The van der Waals surface area contributed by atoms with Gasteiger partial charge in [-0.25, -0.2) is 0 Å². The quantitative estimate of drug-likeness (QED) is 0.864. The monoisotopic (exact) mass is 300 g/mol. The molecule has 5 heteroatoms. The van der Waals surface area contributed by atoms with Gasteiger partial charge in [0.2, 0.25) is 0 Å². The van der Waals surface area contributed by atoms with Crippen LogP contribution in [0.1, 0.15) is 30.5 Å². The van der Waals surface area contributed by atoms with Crippen LogP contribution >= 0.6 is 0 Å². The van der Waals surface area contributed by atoms with Gasteiger partial charge in [-0.2, -0.15) is 13.2 Å². The Morgan fingerprint density at radius 1 is 1.38 bits per heavy atom. The lowest BCUT2D eigenvalue weighted by molar-refractivity contribution is -0.137. The minimum absolute atomic E-state index is 0.0913. The number of rotatable bonds is 6. The Morgan fingerprint density at radius 3 is 2.57 bits per heavy atom. The molecule has 1 fully saturated rings. The van der Waals surface area contributed by atoms with Gasteiger partial charge < -0.3 is 10.2 Å².